The number of aromatic nitrogens is 2. The van der Waals surface area contributed by atoms with Crippen LogP contribution in [-0.2, 0) is 9.59 Å². The van der Waals surface area contributed by atoms with Crippen LogP contribution in [0.15, 0.2) is 108 Å². The molecule has 0 fully saturated rings. The number of benzene rings is 2. The Balaban J connectivity index is 1.41. The molecule has 0 aliphatic rings. The summed E-state index contributed by atoms with van der Waals surface area (Å²) in [5.41, 5.74) is 1.67. The summed E-state index contributed by atoms with van der Waals surface area (Å²) in [5, 5.41) is 8.35. The molecule has 0 saturated carbocycles. The topological polar surface area (TPSA) is 113 Å². The van der Waals surface area contributed by atoms with E-state index in [1.54, 1.807) is 98.2 Å². The molecule has 2 aromatic carbocycles. The van der Waals surface area contributed by atoms with Crippen LogP contribution in [0.1, 0.15) is 22.8 Å². The predicted octanol–water partition coefficient (Wildman–Crippen LogP) is 5.66. The molecule has 196 valence electrons. The van der Waals surface area contributed by atoms with Crippen molar-refractivity contribution in [2.75, 3.05) is 10.6 Å². The second-order valence-electron chi connectivity index (χ2n) is 8.25. The van der Waals surface area contributed by atoms with Crippen molar-refractivity contribution >= 4 is 58.7 Å². The SMILES string of the molecule is CC(Sc1ccc(NC(=O)/C(=C/c2cccnc2)NC(=O)c2ccccc2)cc1)C(=O)Nc1ccc(Cl)cn1. The second-order valence-corrected chi connectivity index (χ2v) is 10.1. The number of thioether (sulfide) groups is 1. The van der Waals surface area contributed by atoms with Crippen LogP contribution in [0.2, 0.25) is 5.02 Å². The highest BCUT2D eigenvalue weighted by Crippen LogP contribution is 2.26. The first kappa shape index (κ1) is 27.6. The third-order valence-corrected chi connectivity index (χ3v) is 6.63. The van der Waals surface area contributed by atoms with Crippen molar-refractivity contribution in [3.05, 3.63) is 119 Å². The van der Waals surface area contributed by atoms with E-state index < -0.39 is 17.1 Å². The molecule has 1 atom stereocenters. The van der Waals surface area contributed by atoms with Crippen molar-refractivity contribution in [3.8, 4) is 0 Å². The zero-order valence-electron chi connectivity index (χ0n) is 20.8. The fourth-order valence-corrected chi connectivity index (χ4v) is 4.30. The number of pyridine rings is 2. The van der Waals surface area contributed by atoms with Gasteiger partial charge in [-0.15, -0.1) is 11.8 Å². The molecule has 3 amide bonds. The van der Waals surface area contributed by atoms with Crippen LogP contribution in [0, 0.1) is 0 Å². The minimum Gasteiger partial charge on any atom is -0.321 e. The molecular weight excluding hydrogens is 534 g/mol. The third-order valence-electron chi connectivity index (χ3n) is 5.30. The molecule has 4 aromatic rings. The molecule has 3 N–H and O–H groups in total. The summed E-state index contributed by atoms with van der Waals surface area (Å²) < 4.78 is 0. The van der Waals surface area contributed by atoms with Crippen molar-refractivity contribution < 1.29 is 14.4 Å². The van der Waals surface area contributed by atoms with Crippen molar-refractivity contribution in [3.63, 3.8) is 0 Å². The number of nitrogens with zero attached hydrogens (tertiary/aromatic N) is 2. The highest BCUT2D eigenvalue weighted by Gasteiger charge is 2.17. The van der Waals surface area contributed by atoms with Gasteiger partial charge in [0, 0.05) is 34.7 Å². The van der Waals surface area contributed by atoms with Gasteiger partial charge in [-0.1, -0.05) is 35.9 Å². The molecule has 10 heteroatoms. The zero-order valence-corrected chi connectivity index (χ0v) is 22.4. The van der Waals surface area contributed by atoms with Crippen molar-refractivity contribution in [2.45, 2.75) is 17.1 Å². The number of carbonyl (C=O) groups is 3. The van der Waals surface area contributed by atoms with E-state index in [9.17, 15) is 14.4 Å². The summed E-state index contributed by atoms with van der Waals surface area (Å²) in [6.07, 6.45) is 6.24. The largest absolute Gasteiger partial charge is 0.321 e. The van der Waals surface area contributed by atoms with Gasteiger partial charge in [0.15, 0.2) is 0 Å². The molecular formula is C29H24ClN5O3S. The summed E-state index contributed by atoms with van der Waals surface area (Å²) >= 11 is 7.20. The average molecular weight is 558 g/mol. The van der Waals surface area contributed by atoms with E-state index in [4.69, 9.17) is 11.6 Å². The van der Waals surface area contributed by atoms with Gasteiger partial charge in [-0.25, -0.2) is 4.98 Å². The Bertz CT molecular complexity index is 1460. The van der Waals surface area contributed by atoms with Gasteiger partial charge < -0.3 is 16.0 Å². The highest BCUT2D eigenvalue weighted by atomic mass is 35.5. The number of rotatable bonds is 9. The van der Waals surface area contributed by atoms with Crippen LogP contribution in [0.25, 0.3) is 6.08 Å². The summed E-state index contributed by atoms with van der Waals surface area (Å²) in [4.78, 5) is 47.4. The normalized spacial score (nSPS) is 11.8. The van der Waals surface area contributed by atoms with Gasteiger partial charge in [0.25, 0.3) is 11.8 Å². The molecule has 2 aromatic heterocycles. The first-order valence-electron chi connectivity index (χ1n) is 11.9. The number of hydrogen-bond donors (Lipinski definition) is 3. The van der Waals surface area contributed by atoms with Gasteiger partial charge in [0.05, 0.1) is 10.3 Å². The van der Waals surface area contributed by atoms with E-state index in [0.717, 1.165) is 4.90 Å². The number of nitrogens with one attached hydrogen (secondary N) is 3. The highest BCUT2D eigenvalue weighted by molar-refractivity contribution is 8.00. The maximum absolute atomic E-state index is 13.1. The fraction of sp³-hybridized carbons (Fsp3) is 0.0690. The fourth-order valence-electron chi connectivity index (χ4n) is 3.32. The summed E-state index contributed by atoms with van der Waals surface area (Å²) in [6, 6.07) is 22.5. The molecule has 0 aliphatic heterocycles. The first-order valence-corrected chi connectivity index (χ1v) is 13.1. The van der Waals surface area contributed by atoms with E-state index in [2.05, 4.69) is 25.9 Å². The van der Waals surface area contributed by atoms with Crippen LogP contribution < -0.4 is 16.0 Å². The maximum atomic E-state index is 13.1. The summed E-state index contributed by atoms with van der Waals surface area (Å²) in [7, 11) is 0. The molecule has 8 nitrogen and oxygen atoms in total. The van der Waals surface area contributed by atoms with Gasteiger partial charge in [0.1, 0.15) is 11.5 Å². The van der Waals surface area contributed by atoms with Crippen molar-refractivity contribution in [1.82, 2.24) is 15.3 Å². The third kappa shape index (κ3) is 8.26. The molecule has 2 heterocycles. The lowest BCUT2D eigenvalue weighted by molar-refractivity contribution is -0.115. The molecule has 0 radical (unpaired) electrons. The Morgan fingerprint density at radius 3 is 2.33 bits per heavy atom. The lowest BCUT2D eigenvalue weighted by Crippen LogP contribution is -2.30. The Morgan fingerprint density at radius 2 is 1.67 bits per heavy atom. The van der Waals surface area contributed by atoms with Crippen molar-refractivity contribution in [2.24, 2.45) is 0 Å². The monoisotopic (exact) mass is 557 g/mol. The van der Waals surface area contributed by atoms with E-state index in [1.165, 1.54) is 18.0 Å². The van der Waals surface area contributed by atoms with Crippen molar-refractivity contribution in [1.29, 1.82) is 0 Å². The number of hydrogen-bond acceptors (Lipinski definition) is 6. The van der Waals surface area contributed by atoms with E-state index >= 15 is 0 Å². The lowest BCUT2D eigenvalue weighted by atomic mass is 10.2. The average Bonchev–Trinajstić information content (AvgIpc) is 2.96. The standard InChI is InChI=1S/C29H24ClN5O3S/c1-19(27(36)35-26-14-9-22(30)18-32-26)39-24-12-10-23(11-13-24)33-29(38)25(16-20-6-5-15-31-17-20)34-28(37)21-7-3-2-4-8-21/h2-19H,1H3,(H,33,38)(H,34,37)(H,32,35,36)/b25-16-. The van der Waals surface area contributed by atoms with E-state index in [-0.39, 0.29) is 11.6 Å². The maximum Gasteiger partial charge on any atom is 0.272 e. The van der Waals surface area contributed by atoms with E-state index in [0.29, 0.717) is 27.7 Å². The van der Waals surface area contributed by atoms with Gasteiger partial charge in [-0.2, -0.15) is 0 Å². The van der Waals surface area contributed by atoms with E-state index in [1.807, 2.05) is 6.07 Å². The quantitative estimate of drug-likeness (QED) is 0.181. The van der Waals surface area contributed by atoms with Crippen LogP contribution in [-0.4, -0.2) is 32.9 Å². The molecule has 0 spiro atoms. The Labute approximate surface area is 234 Å². The minimum absolute atomic E-state index is 0.0661. The second kappa shape index (κ2) is 13.4. The summed E-state index contributed by atoms with van der Waals surface area (Å²) in [6.45, 7) is 1.79. The van der Waals surface area contributed by atoms with Gasteiger partial charge in [-0.05, 0) is 73.2 Å². The molecule has 0 bridgehead atoms. The molecule has 0 saturated heterocycles. The van der Waals surface area contributed by atoms with Crippen LogP contribution in [0.5, 0.6) is 0 Å². The number of amides is 3. The molecule has 1 unspecified atom stereocenters. The molecule has 0 aliphatic carbocycles. The smallest absolute Gasteiger partial charge is 0.272 e. The van der Waals surface area contributed by atoms with Crippen LogP contribution in [0.3, 0.4) is 0 Å². The molecule has 39 heavy (non-hydrogen) atoms. The number of halogens is 1. The first-order chi connectivity index (χ1) is 18.9. The Kier molecular flexibility index (Phi) is 9.44. The van der Waals surface area contributed by atoms with Gasteiger partial charge in [0.2, 0.25) is 5.91 Å². The minimum atomic E-state index is -0.494. The number of carbonyl (C=O) groups excluding carboxylic acids is 3. The molecule has 4 rings (SSSR count). The Hall–Kier alpha value is -4.47. The summed E-state index contributed by atoms with van der Waals surface area (Å²) in [5.74, 6) is -0.684. The van der Waals surface area contributed by atoms with Gasteiger partial charge in [-0.3, -0.25) is 19.4 Å². The van der Waals surface area contributed by atoms with Crippen LogP contribution >= 0.6 is 23.4 Å². The Morgan fingerprint density at radius 1 is 0.897 bits per heavy atom. The van der Waals surface area contributed by atoms with Gasteiger partial charge >= 0.3 is 0 Å². The lowest BCUT2D eigenvalue weighted by Gasteiger charge is -2.13. The number of anilines is 2. The predicted molar refractivity (Wildman–Crippen MR) is 154 cm³/mol. The zero-order chi connectivity index (χ0) is 27.6. The van der Waals surface area contributed by atoms with Crippen LogP contribution in [0.4, 0.5) is 11.5 Å².